The van der Waals surface area contributed by atoms with Crippen molar-refractivity contribution in [3.05, 3.63) is 55.1 Å². The number of hydrogen-bond acceptors (Lipinski definition) is 27. The number of nitrogens with zero attached hydrogens (tertiary/aromatic N) is 10. The molecule has 5 aromatic rings. The number of imidazole rings is 2. The largest absolute Gasteiger partial charge is 0.508 e. The number of benzene rings is 1. The van der Waals surface area contributed by atoms with E-state index in [0.29, 0.717) is 11.3 Å². The van der Waals surface area contributed by atoms with Crippen molar-refractivity contribution in [1.82, 2.24) is 59.5 Å². The summed E-state index contributed by atoms with van der Waals surface area (Å²) in [6.45, 7) is -6.32. The Bertz CT molecular complexity index is 3690. The lowest BCUT2D eigenvalue weighted by Gasteiger charge is -2.30. The minimum atomic E-state index is -4.51. The first-order chi connectivity index (χ1) is 43.7. The van der Waals surface area contributed by atoms with Crippen LogP contribution in [-0.4, -0.2) is 196 Å². The highest BCUT2D eigenvalue weighted by molar-refractivity contribution is 8.07. The van der Waals surface area contributed by atoms with Crippen LogP contribution in [0.1, 0.15) is 70.9 Å². The molecule has 0 saturated carbocycles. The summed E-state index contributed by atoms with van der Waals surface area (Å²) < 4.78 is 71.2. The Hall–Kier alpha value is -7.61. The summed E-state index contributed by atoms with van der Waals surface area (Å²) in [5.41, 5.74) is 18.5. The molecule has 0 bridgehead atoms. The molecule has 4 aliphatic heterocycles. The standard InChI is InChI=1S/C52H67FN16O19P2S2/c1-25(2)36(65-33(71)11-13-67-34(72)16-26(3)47(67)74)30(70)17-28(6-5-12-57-50(56)75)46(73)64-29-9-7-27(8-10-29)18-81-51(76)66(4)14-15-80-52(77)86-41-40-32(85-49(41)69-24-63-38-43(55)59-22-61-45(38)69)20-83-89(78,91)87-39-31(19-82-90(79,92)88-40)84-48(35(39)53)68-23-62-37-42(54)58-21-60-44(37)68/h7-10,21-26,28,31-32,35-36,39-41,48-49H,5-6,11-20H2,1-4H3,(H,64,73)(H,65,71)(H,78,91)(H,79,92)(H2,54,58,60)(H2,55,59,61)(H3,56,57,75)/t26?,28-,31-,32-,35-,36+,39-,40-,41-,48-,49-,89?,90?/m1/s1. The number of likely N-dealkylation sites (N-methyl/N-ethyl adjacent to an activating group) is 1. The van der Waals surface area contributed by atoms with Crippen LogP contribution in [0.2, 0.25) is 0 Å². The summed E-state index contributed by atoms with van der Waals surface area (Å²) in [5, 5.41) is 7.94. The van der Waals surface area contributed by atoms with Gasteiger partial charge in [0.05, 0.1) is 38.5 Å². The number of alkyl halides is 1. The van der Waals surface area contributed by atoms with Gasteiger partial charge in [-0.05, 0) is 60.1 Å². The molecule has 0 aliphatic carbocycles. The van der Waals surface area contributed by atoms with Crippen molar-refractivity contribution in [2.24, 2.45) is 23.5 Å². The zero-order valence-electron chi connectivity index (χ0n) is 49.7. The number of aromatic nitrogens is 8. The minimum absolute atomic E-state index is 0.00618. The second kappa shape index (κ2) is 29.6. The number of urea groups is 1. The normalized spacial score (nSPS) is 26.5. The summed E-state index contributed by atoms with van der Waals surface area (Å²) in [4.78, 5) is 153. The van der Waals surface area contributed by atoms with E-state index in [1.807, 2.05) is 0 Å². The lowest BCUT2D eigenvalue weighted by atomic mass is 9.89. The van der Waals surface area contributed by atoms with Crippen LogP contribution >= 0.6 is 13.4 Å². The second-order valence-corrected chi connectivity index (χ2v) is 27.7. The smallest absolute Gasteiger partial charge is 0.445 e. The Kier molecular flexibility index (Phi) is 22.1. The maximum Gasteiger partial charge on any atom is 0.508 e. The fourth-order valence-electron chi connectivity index (χ4n) is 10.4. The van der Waals surface area contributed by atoms with Gasteiger partial charge in [-0.2, -0.15) is 0 Å². The number of anilines is 3. The number of likely N-dealkylation sites (tertiary alicyclic amines) is 1. The monoisotopic (exact) mass is 1360 g/mol. The van der Waals surface area contributed by atoms with Crippen LogP contribution in [-0.2, 0) is 96.0 Å². The summed E-state index contributed by atoms with van der Waals surface area (Å²) in [7, 11) is 1.36. The number of amides is 7. The van der Waals surface area contributed by atoms with Crippen LogP contribution < -0.4 is 33.2 Å². The van der Waals surface area contributed by atoms with Crippen LogP contribution in [0.5, 0.6) is 0 Å². The maximum atomic E-state index is 16.5. The molecule has 3 unspecified atom stereocenters. The van der Waals surface area contributed by atoms with Gasteiger partial charge in [0.25, 0.3) is 0 Å². The highest BCUT2D eigenvalue weighted by Crippen LogP contribution is 2.55. The van der Waals surface area contributed by atoms with Gasteiger partial charge in [-0.15, -0.1) is 0 Å². The van der Waals surface area contributed by atoms with Crippen LogP contribution in [0.15, 0.2) is 49.6 Å². The van der Waals surface area contributed by atoms with E-state index in [9.17, 15) is 48.1 Å². The lowest BCUT2D eigenvalue weighted by Crippen LogP contribution is -2.46. The van der Waals surface area contributed by atoms with E-state index in [2.05, 4.69) is 45.9 Å². The number of rotatable bonds is 22. The van der Waals surface area contributed by atoms with E-state index in [4.69, 9.17) is 82.6 Å². The molecule has 13 atom stereocenters. The van der Waals surface area contributed by atoms with E-state index in [1.54, 1.807) is 45.0 Å². The SMILES string of the molecule is CC1CC(=O)N(CCC(=O)N[C@H](C(=O)C[C@@H](CCCNC(N)=O)C(=O)Nc2ccc(COC(=O)N(C)CCOC(=O)O[C@@H]3[C@@H]4OP(O)(=S)OC[C@H]5O[C@@H](n6cnc7c(N)ncnc76)[C@H](F)[C@@H]5OP(O)(=S)OC[C@H]4O[C@H]3n3cnc4c(N)ncnc43)cc2)C(C)C)C1=O. The highest BCUT2D eigenvalue weighted by atomic mass is 32.5. The molecule has 92 heavy (non-hydrogen) atoms. The number of imide groups is 1. The Labute approximate surface area is 532 Å². The number of carbonyl (C=O) groups excluding carboxylic acids is 8. The van der Waals surface area contributed by atoms with E-state index < -0.39 is 142 Å². The third kappa shape index (κ3) is 16.6. The van der Waals surface area contributed by atoms with Gasteiger partial charge in [0.1, 0.15) is 61.3 Å². The molecule has 0 radical (unpaired) electrons. The molecule has 1 aromatic carbocycles. The third-order valence-corrected chi connectivity index (χ3v) is 18.3. The molecular weight excluding hydrogens is 1300 g/mol. The molecule has 4 aliphatic rings. The van der Waals surface area contributed by atoms with Gasteiger partial charge < -0.3 is 80.6 Å². The molecule has 8 heterocycles. The number of primary amides is 1. The zero-order valence-corrected chi connectivity index (χ0v) is 53.1. The lowest BCUT2D eigenvalue weighted by molar-refractivity contribution is -0.140. The fourth-order valence-corrected chi connectivity index (χ4v) is 13.3. The third-order valence-electron chi connectivity index (χ3n) is 15.2. The van der Waals surface area contributed by atoms with Gasteiger partial charge in [-0.1, -0.05) is 32.9 Å². The predicted molar refractivity (Wildman–Crippen MR) is 323 cm³/mol. The number of nitrogens with one attached hydrogen (secondary N) is 3. The van der Waals surface area contributed by atoms with Crippen LogP contribution in [0.4, 0.5) is 36.1 Å². The molecule has 9 rings (SSSR count). The highest BCUT2D eigenvalue weighted by Gasteiger charge is 2.55. The van der Waals surface area contributed by atoms with Gasteiger partial charge in [-0.25, -0.2) is 48.7 Å². The Morgan fingerprint density at radius 3 is 2.05 bits per heavy atom. The van der Waals surface area contributed by atoms with Gasteiger partial charge in [-0.3, -0.25) is 47.1 Å². The molecule has 0 spiro atoms. The van der Waals surface area contributed by atoms with Crippen molar-refractivity contribution >= 4 is 124 Å². The predicted octanol–water partition coefficient (Wildman–Crippen LogP) is 1.89. The minimum Gasteiger partial charge on any atom is -0.445 e. The Morgan fingerprint density at radius 2 is 1.46 bits per heavy atom. The molecule has 498 valence electrons. The number of fused-ring (bicyclic) bond motifs is 4. The van der Waals surface area contributed by atoms with Gasteiger partial charge in [0.2, 0.25) is 23.6 Å². The summed E-state index contributed by atoms with van der Waals surface area (Å²) >= 11 is 10.8. The molecule has 4 saturated heterocycles. The first-order valence-electron chi connectivity index (χ1n) is 28.6. The van der Waals surface area contributed by atoms with Crippen molar-refractivity contribution in [1.29, 1.82) is 0 Å². The molecular formula is C52H67FN16O19P2S2. The molecule has 11 N–H and O–H groups in total. The van der Waals surface area contributed by atoms with Gasteiger partial charge in [0, 0.05) is 56.9 Å². The number of nitrogen functional groups attached to an aromatic ring is 2. The number of hydrogen-bond donors (Lipinski definition) is 8. The molecule has 35 nitrogen and oxygen atoms in total. The molecule has 7 amide bonds. The summed E-state index contributed by atoms with van der Waals surface area (Å²) in [6.07, 6.45) is -10.5. The van der Waals surface area contributed by atoms with E-state index >= 15 is 4.39 Å². The van der Waals surface area contributed by atoms with Crippen molar-refractivity contribution in [2.45, 2.75) is 115 Å². The van der Waals surface area contributed by atoms with Crippen LogP contribution in [0.25, 0.3) is 22.3 Å². The Balaban J connectivity index is 0.795. The summed E-state index contributed by atoms with van der Waals surface area (Å²) in [5.74, 6) is -4.10. The molecule has 40 heteroatoms. The maximum absolute atomic E-state index is 16.5. The van der Waals surface area contributed by atoms with Crippen molar-refractivity contribution < 1.29 is 94.3 Å². The van der Waals surface area contributed by atoms with Crippen molar-refractivity contribution in [2.75, 3.05) is 63.3 Å². The molecule has 4 fully saturated rings. The van der Waals surface area contributed by atoms with Crippen LogP contribution in [0, 0.1) is 17.8 Å². The van der Waals surface area contributed by atoms with Crippen molar-refractivity contribution in [3.63, 3.8) is 0 Å². The van der Waals surface area contributed by atoms with E-state index in [0.717, 1.165) is 22.5 Å². The Morgan fingerprint density at radius 1 is 0.859 bits per heavy atom. The molecule has 4 aromatic heterocycles. The first kappa shape index (κ1) is 68.7. The van der Waals surface area contributed by atoms with E-state index in [1.165, 1.54) is 28.8 Å². The number of halogens is 1. The number of nitrogens with two attached hydrogens (primary N) is 3. The van der Waals surface area contributed by atoms with Gasteiger partial charge >= 0.3 is 31.7 Å². The average Bonchev–Trinajstić information content (AvgIpc) is 1.62. The topological polar surface area (TPSA) is 468 Å². The van der Waals surface area contributed by atoms with Crippen LogP contribution in [0.3, 0.4) is 0 Å². The van der Waals surface area contributed by atoms with Gasteiger partial charge in [0.15, 0.2) is 53.4 Å². The first-order valence-corrected chi connectivity index (χ1v) is 33.8. The van der Waals surface area contributed by atoms with E-state index in [-0.39, 0.29) is 104 Å². The average molecular weight is 1370 g/mol. The fraction of sp³-hybridized carbons (Fsp3) is 0.538. The number of carbonyl (C=O) groups is 8. The second-order valence-electron chi connectivity index (χ2n) is 22.1. The van der Waals surface area contributed by atoms with Crippen molar-refractivity contribution in [3.8, 4) is 0 Å². The number of Topliss-reactive ketones (excluding diaryl/α,β-unsaturated/α-hetero) is 1. The zero-order chi connectivity index (χ0) is 66.3. The number of ether oxygens (including phenoxy) is 5. The number of ketones is 1. The summed E-state index contributed by atoms with van der Waals surface area (Å²) in [6, 6.07) is 4.46. The quantitative estimate of drug-likeness (QED) is 0.0212.